The van der Waals surface area contributed by atoms with Gasteiger partial charge in [0.15, 0.2) is 6.10 Å². The third-order valence-corrected chi connectivity index (χ3v) is 3.49. The minimum Gasteiger partial charge on any atom is -0.479 e. The lowest BCUT2D eigenvalue weighted by atomic mass is 10.1. The maximum Gasteiger partial charge on any atom is 0.337 e. The van der Waals surface area contributed by atoms with E-state index in [1.54, 1.807) is 6.07 Å². The first-order valence-electron chi connectivity index (χ1n) is 4.69. The first-order valence-corrected chi connectivity index (χ1v) is 6.53. The third-order valence-electron chi connectivity index (χ3n) is 2.30. The zero-order valence-corrected chi connectivity index (χ0v) is 10.2. The van der Waals surface area contributed by atoms with Gasteiger partial charge in [-0.05, 0) is 6.07 Å². The number of nitrogens with zero attached hydrogens (tertiary/aromatic N) is 1. The molecule has 1 aromatic carbocycles. The van der Waals surface area contributed by atoms with Crippen molar-refractivity contribution in [3.8, 4) is 0 Å². The van der Waals surface area contributed by atoms with E-state index in [2.05, 4.69) is 0 Å². The van der Waals surface area contributed by atoms with E-state index in [1.807, 2.05) is 0 Å². The molecule has 0 saturated heterocycles. The number of hydrogen-bond donors (Lipinski definition) is 2. The molecule has 1 rings (SSSR count). The van der Waals surface area contributed by atoms with Gasteiger partial charge in [-0.1, -0.05) is 18.2 Å². The lowest BCUT2D eigenvalue weighted by Crippen LogP contribution is -2.27. The van der Waals surface area contributed by atoms with Crippen LogP contribution in [0.4, 0.5) is 5.69 Å². The first kappa shape index (κ1) is 13.5. The predicted molar refractivity (Wildman–Crippen MR) is 62.3 cm³/mol. The molecular weight excluding hydrogens is 246 g/mol. The van der Waals surface area contributed by atoms with Gasteiger partial charge in [-0.25, -0.2) is 13.2 Å². The van der Waals surface area contributed by atoms with E-state index < -0.39 is 22.1 Å². The Balaban J connectivity index is 3.31. The quantitative estimate of drug-likeness (QED) is 0.805. The summed E-state index contributed by atoms with van der Waals surface area (Å²) in [5, 5.41) is 18.2. The van der Waals surface area contributed by atoms with E-state index in [4.69, 9.17) is 5.11 Å². The molecule has 0 spiro atoms. The largest absolute Gasteiger partial charge is 0.479 e. The van der Waals surface area contributed by atoms with Crippen LogP contribution < -0.4 is 4.31 Å². The number of hydrogen-bond acceptors (Lipinski definition) is 4. The van der Waals surface area contributed by atoms with Crippen LogP contribution in [0, 0.1) is 0 Å². The van der Waals surface area contributed by atoms with Gasteiger partial charge < -0.3 is 10.2 Å². The molecule has 1 unspecified atom stereocenters. The number of para-hydroxylation sites is 1. The van der Waals surface area contributed by atoms with Crippen molar-refractivity contribution in [2.75, 3.05) is 17.6 Å². The average molecular weight is 259 g/mol. The molecule has 0 fully saturated rings. The Morgan fingerprint density at radius 2 is 1.88 bits per heavy atom. The minimum absolute atomic E-state index is 0.0351. The number of aliphatic hydroxyl groups is 1. The van der Waals surface area contributed by atoms with E-state index in [9.17, 15) is 18.3 Å². The monoisotopic (exact) mass is 259 g/mol. The number of carboxylic acids is 1. The second-order valence-electron chi connectivity index (χ2n) is 3.53. The summed E-state index contributed by atoms with van der Waals surface area (Å²) in [5.41, 5.74) is 0.179. The Kier molecular flexibility index (Phi) is 3.74. The molecule has 2 N–H and O–H groups in total. The van der Waals surface area contributed by atoms with Crippen LogP contribution in [0.5, 0.6) is 0 Å². The summed E-state index contributed by atoms with van der Waals surface area (Å²) in [4.78, 5) is 10.7. The van der Waals surface area contributed by atoms with Crippen LogP contribution >= 0.6 is 0 Å². The molecule has 6 nitrogen and oxygen atoms in total. The average Bonchev–Trinajstić information content (AvgIpc) is 2.25. The molecule has 94 valence electrons. The Morgan fingerprint density at radius 1 is 1.35 bits per heavy atom. The minimum atomic E-state index is -3.51. The van der Waals surface area contributed by atoms with Gasteiger partial charge in [0.2, 0.25) is 10.0 Å². The number of carboxylic acid groups (broad SMARTS) is 1. The van der Waals surface area contributed by atoms with Gasteiger partial charge in [0.05, 0.1) is 11.9 Å². The predicted octanol–water partition coefficient (Wildman–Crippen LogP) is 0.200. The van der Waals surface area contributed by atoms with E-state index >= 15 is 0 Å². The Hall–Kier alpha value is -1.60. The Labute approximate surface area is 99.2 Å². The number of anilines is 1. The number of benzene rings is 1. The molecule has 7 heteroatoms. The van der Waals surface area contributed by atoms with Crippen LogP contribution in [0.1, 0.15) is 11.7 Å². The van der Waals surface area contributed by atoms with Gasteiger partial charge in [0, 0.05) is 12.6 Å². The number of sulfonamides is 1. The van der Waals surface area contributed by atoms with E-state index in [0.717, 1.165) is 10.6 Å². The number of carbonyl (C=O) groups is 1. The van der Waals surface area contributed by atoms with Crippen LogP contribution in [0.15, 0.2) is 24.3 Å². The van der Waals surface area contributed by atoms with Crippen LogP contribution in [-0.4, -0.2) is 37.9 Å². The van der Waals surface area contributed by atoms with Crippen LogP contribution in [0.3, 0.4) is 0 Å². The highest BCUT2D eigenvalue weighted by molar-refractivity contribution is 7.92. The topological polar surface area (TPSA) is 94.9 Å². The standard InChI is InChI=1S/C10H13NO5S/c1-11(17(2,15)16)8-6-4-3-5-7(8)9(12)10(13)14/h3-6,9,12H,1-2H3,(H,13,14). The molecule has 17 heavy (non-hydrogen) atoms. The van der Waals surface area contributed by atoms with Crippen molar-refractivity contribution in [1.82, 2.24) is 0 Å². The zero-order valence-electron chi connectivity index (χ0n) is 9.36. The highest BCUT2D eigenvalue weighted by Gasteiger charge is 2.23. The van der Waals surface area contributed by atoms with Crippen molar-refractivity contribution in [2.24, 2.45) is 0 Å². The molecule has 0 aliphatic rings. The molecule has 0 amide bonds. The summed E-state index contributed by atoms with van der Waals surface area (Å²) in [6, 6.07) is 5.90. The fourth-order valence-electron chi connectivity index (χ4n) is 1.32. The molecule has 1 aromatic rings. The maximum absolute atomic E-state index is 11.4. The van der Waals surface area contributed by atoms with Gasteiger partial charge in [0.1, 0.15) is 0 Å². The van der Waals surface area contributed by atoms with Gasteiger partial charge in [0.25, 0.3) is 0 Å². The van der Waals surface area contributed by atoms with Gasteiger partial charge >= 0.3 is 5.97 Å². The van der Waals surface area contributed by atoms with Crippen LogP contribution in [-0.2, 0) is 14.8 Å². The van der Waals surface area contributed by atoms with Crippen molar-refractivity contribution in [3.63, 3.8) is 0 Å². The second kappa shape index (κ2) is 4.72. The Morgan fingerprint density at radius 3 is 2.35 bits per heavy atom. The summed E-state index contributed by atoms with van der Waals surface area (Å²) in [6.07, 6.45) is -0.757. The van der Waals surface area contributed by atoms with Crippen LogP contribution in [0.2, 0.25) is 0 Å². The number of aliphatic hydroxyl groups excluding tert-OH is 1. The summed E-state index contributed by atoms with van der Waals surface area (Å²) in [6.45, 7) is 0. The highest BCUT2D eigenvalue weighted by atomic mass is 32.2. The SMILES string of the molecule is CN(c1ccccc1C(O)C(=O)O)S(C)(=O)=O. The first-order chi connectivity index (χ1) is 7.75. The summed E-state index contributed by atoms with van der Waals surface area (Å²) in [5.74, 6) is -1.43. The lowest BCUT2D eigenvalue weighted by Gasteiger charge is -2.21. The zero-order chi connectivity index (χ0) is 13.2. The molecule has 0 bridgehead atoms. The van der Waals surface area contributed by atoms with Gasteiger partial charge in [-0.15, -0.1) is 0 Å². The lowest BCUT2D eigenvalue weighted by molar-refractivity contribution is -0.146. The summed E-state index contributed by atoms with van der Waals surface area (Å²) < 4.78 is 23.7. The molecule has 0 aromatic heterocycles. The maximum atomic E-state index is 11.4. The highest BCUT2D eigenvalue weighted by Crippen LogP contribution is 2.27. The molecule has 0 radical (unpaired) electrons. The van der Waals surface area contributed by atoms with Crippen molar-refractivity contribution in [1.29, 1.82) is 0 Å². The molecule has 0 aliphatic carbocycles. The van der Waals surface area contributed by atoms with Crippen molar-refractivity contribution in [3.05, 3.63) is 29.8 Å². The van der Waals surface area contributed by atoms with Gasteiger partial charge in [-0.2, -0.15) is 0 Å². The molecule has 1 atom stereocenters. The van der Waals surface area contributed by atoms with Crippen molar-refractivity contribution in [2.45, 2.75) is 6.10 Å². The third kappa shape index (κ3) is 2.95. The summed E-state index contributed by atoms with van der Waals surface area (Å²) >= 11 is 0. The molecule has 0 aliphatic heterocycles. The fraction of sp³-hybridized carbons (Fsp3) is 0.300. The van der Waals surface area contributed by atoms with E-state index in [0.29, 0.717) is 0 Å². The van der Waals surface area contributed by atoms with Gasteiger partial charge in [-0.3, -0.25) is 4.31 Å². The molecule has 0 saturated carbocycles. The van der Waals surface area contributed by atoms with Crippen LogP contribution in [0.25, 0.3) is 0 Å². The molecule has 0 heterocycles. The normalized spacial score (nSPS) is 13.1. The van der Waals surface area contributed by atoms with Crippen molar-refractivity contribution < 1.29 is 23.4 Å². The molecular formula is C10H13NO5S. The summed E-state index contributed by atoms with van der Waals surface area (Å²) in [7, 11) is -2.21. The Bertz CT molecular complexity index is 525. The smallest absolute Gasteiger partial charge is 0.337 e. The number of rotatable bonds is 4. The fourth-order valence-corrected chi connectivity index (χ4v) is 1.84. The van der Waals surface area contributed by atoms with Crippen molar-refractivity contribution >= 4 is 21.7 Å². The number of aliphatic carboxylic acids is 1. The van der Waals surface area contributed by atoms with E-state index in [1.165, 1.54) is 25.2 Å². The van der Waals surface area contributed by atoms with E-state index in [-0.39, 0.29) is 11.3 Å². The second-order valence-corrected chi connectivity index (χ2v) is 5.54.